The monoisotopic (exact) mass is 926 g/mol. The first-order valence-corrected chi connectivity index (χ1v) is 23.9. The van der Waals surface area contributed by atoms with Crippen molar-refractivity contribution in [3.05, 3.63) is 117 Å². The number of pyridine rings is 2. The highest BCUT2D eigenvalue weighted by Gasteiger charge is 2.25. The number of carbonyl (C=O) groups is 2. The summed E-state index contributed by atoms with van der Waals surface area (Å²) in [5, 5.41) is 14.6. The Kier molecular flexibility index (Phi) is 9.55. The summed E-state index contributed by atoms with van der Waals surface area (Å²) in [6.07, 6.45) is 0. The van der Waals surface area contributed by atoms with E-state index in [0.29, 0.717) is 49.7 Å². The predicted octanol–water partition coefficient (Wildman–Crippen LogP) is 4.51. The van der Waals surface area contributed by atoms with Gasteiger partial charge < -0.3 is 20.1 Å². The van der Waals surface area contributed by atoms with Crippen LogP contribution < -0.4 is 21.8 Å². The van der Waals surface area contributed by atoms with Crippen molar-refractivity contribution in [1.82, 2.24) is 29.4 Å². The van der Waals surface area contributed by atoms with Gasteiger partial charge in [0.15, 0.2) is 0 Å². The van der Waals surface area contributed by atoms with Crippen LogP contribution in [0.25, 0.3) is 98.0 Å². The minimum absolute atomic E-state index is 0.0234. The molecule has 0 aliphatic carbocycles. The first kappa shape index (κ1) is 41.5. The van der Waals surface area contributed by atoms with Crippen LogP contribution in [0.15, 0.2) is 94.5 Å². The highest BCUT2D eigenvalue weighted by atomic mass is 32.2. The molecular weight excluding hydrogens is 893 g/mol. The second-order valence-electron chi connectivity index (χ2n) is 16.0. The molecule has 0 spiro atoms. The third-order valence-corrected chi connectivity index (χ3v) is 13.5. The molecule has 0 radical (unpaired) electrons. The lowest BCUT2D eigenvalue weighted by molar-refractivity contribution is 0.0916. The molecule has 0 bridgehead atoms. The number of ether oxygens (including phenoxy) is 2. The smallest absolute Gasteiger partial charge is 0.267 e. The minimum Gasteiger partial charge on any atom is -0.378 e. The normalized spacial score (nSPS) is 12.9. The van der Waals surface area contributed by atoms with Crippen molar-refractivity contribution in [3.8, 4) is 0 Å². The van der Waals surface area contributed by atoms with E-state index in [2.05, 4.69) is 10.6 Å². The summed E-state index contributed by atoms with van der Waals surface area (Å²) in [5.74, 6) is -1.95. The molecule has 0 aliphatic rings. The van der Waals surface area contributed by atoms with Crippen molar-refractivity contribution >= 4 is 130 Å². The maximum absolute atomic E-state index is 14.5. The zero-order valence-electron chi connectivity index (χ0n) is 34.3. The number of carbonyl (C=O) groups excluding carboxylic acids is 2. The van der Waals surface area contributed by atoms with Crippen LogP contribution in [0.4, 0.5) is 0 Å². The van der Waals surface area contributed by atoms with E-state index in [-0.39, 0.29) is 56.2 Å². The molecule has 332 valence electrons. The number of hydrogen-bond acceptors (Lipinski definition) is 12. The number of nitrogens with one attached hydrogen (secondary N) is 2. The molecular formula is C46H34N6O12S2. The molecule has 0 saturated heterocycles. The topological polar surface area (TPSA) is 254 Å². The van der Waals surface area contributed by atoms with E-state index < -0.39 is 43.6 Å². The molecule has 18 nitrogen and oxygen atoms in total. The molecule has 0 unspecified atom stereocenters. The van der Waals surface area contributed by atoms with Gasteiger partial charge in [-0.3, -0.25) is 37.1 Å². The minimum atomic E-state index is -4.16. The van der Waals surface area contributed by atoms with Gasteiger partial charge in [0, 0.05) is 56.5 Å². The molecule has 4 aromatic heterocycles. The molecule has 11 aromatic rings. The predicted molar refractivity (Wildman–Crippen MR) is 249 cm³/mol. The fourth-order valence-corrected chi connectivity index (χ4v) is 9.94. The Labute approximate surface area is 370 Å². The summed E-state index contributed by atoms with van der Waals surface area (Å²) < 4.78 is 74.8. The quantitative estimate of drug-likeness (QED) is 0.0507. The largest absolute Gasteiger partial charge is 0.378 e. The van der Waals surface area contributed by atoms with Gasteiger partial charge in [-0.2, -0.15) is 16.8 Å². The van der Waals surface area contributed by atoms with Crippen molar-refractivity contribution < 1.29 is 45.0 Å². The number of amides is 2. The van der Waals surface area contributed by atoms with Crippen molar-refractivity contribution in [1.29, 1.82) is 0 Å². The van der Waals surface area contributed by atoms with Crippen molar-refractivity contribution in [3.63, 3.8) is 0 Å². The summed E-state index contributed by atoms with van der Waals surface area (Å²) in [7, 11) is -8.31. The van der Waals surface area contributed by atoms with Crippen LogP contribution in [-0.2, 0) is 29.7 Å². The van der Waals surface area contributed by atoms with Gasteiger partial charge in [0.1, 0.15) is 11.3 Å². The second-order valence-corrected chi connectivity index (χ2v) is 19.2. The third-order valence-electron chi connectivity index (χ3n) is 12.1. The van der Waals surface area contributed by atoms with E-state index >= 15 is 0 Å². The van der Waals surface area contributed by atoms with Crippen LogP contribution in [0.3, 0.4) is 0 Å². The Balaban J connectivity index is 0.980. The molecule has 0 saturated carbocycles. The van der Waals surface area contributed by atoms with E-state index in [1.165, 1.54) is 4.40 Å². The van der Waals surface area contributed by atoms with Gasteiger partial charge in [-0.1, -0.05) is 24.3 Å². The van der Waals surface area contributed by atoms with E-state index in [1.54, 1.807) is 46.9 Å². The van der Waals surface area contributed by atoms with Gasteiger partial charge >= 0.3 is 0 Å². The number of benzene rings is 7. The van der Waals surface area contributed by atoms with Gasteiger partial charge in [0.25, 0.3) is 43.2 Å². The lowest BCUT2D eigenvalue weighted by atomic mass is 9.86. The fraction of sp³-hybridized carbons (Fsp3) is 0.174. The molecule has 20 heteroatoms. The van der Waals surface area contributed by atoms with Crippen LogP contribution in [0.5, 0.6) is 0 Å². The van der Waals surface area contributed by atoms with E-state index in [1.807, 2.05) is 42.5 Å². The van der Waals surface area contributed by atoms with Crippen molar-refractivity contribution in [2.75, 3.05) is 51.0 Å². The molecule has 4 heterocycles. The number of hydrogen-bond donors (Lipinski definition) is 4. The number of rotatable bonds is 14. The maximum atomic E-state index is 14.5. The van der Waals surface area contributed by atoms with E-state index in [0.717, 1.165) is 53.9 Å². The molecule has 66 heavy (non-hydrogen) atoms. The summed E-state index contributed by atoms with van der Waals surface area (Å²) in [5.41, 5.74) is 2.79. The van der Waals surface area contributed by atoms with Crippen LogP contribution in [0.1, 0.15) is 20.7 Å². The van der Waals surface area contributed by atoms with E-state index in [4.69, 9.17) is 28.5 Å². The van der Waals surface area contributed by atoms with Gasteiger partial charge in [0.2, 0.25) is 0 Å². The Hall–Kier alpha value is -7.20. The zero-order valence-corrected chi connectivity index (χ0v) is 36.0. The summed E-state index contributed by atoms with van der Waals surface area (Å²) >= 11 is 0. The molecule has 0 aliphatic heterocycles. The third kappa shape index (κ3) is 6.67. The highest BCUT2D eigenvalue weighted by Crippen LogP contribution is 2.45. The van der Waals surface area contributed by atoms with E-state index in [9.17, 15) is 36.0 Å². The molecule has 4 N–H and O–H groups in total. The summed E-state index contributed by atoms with van der Waals surface area (Å²) in [4.78, 5) is 64.9. The van der Waals surface area contributed by atoms with Gasteiger partial charge in [0.05, 0.1) is 60.0 Å². The number of fused-ring (bicyclic) bond motifs is 10. The molecule has 7 aromatic carbocycles. The Morgan fingerprint density at radius 3 is 1.41 bits per heavy atom. The van der Waals surface area contributed by atoms with Crippen LogP contribution in [0.2, 0.25) is 0 Å². The van der Waals surface area contributed by atoms with Crippen LogP contribution in [0, 0.1) is 0 Å². The van der Waals surface area contributed by atoms with Crippen molar-refractivity contribution in [2.45, 2.75) is 0 Å². The molecule has 11 rings (SSSR count). The Morgan fingerprint density at radius 1 is 0.500 bits per heavy atom. The Morgan fingerprint density at radius 2 is 0.909 bits per heavy atom. The average molecular weight is 927 g/mol. The average Bonchev–Trinajstić information content (AvgIpc) is 3.87. The lowest BCUT2D eigenvalue weighted by Gasteiger charge is -2.18. The molecule has 0 atom stereocenters. The second kappa shape index (κ2) is 15.2. The maximum Gasteiger partial charge on any atom is 0.267 e. The number of aromatic nitrogens is 4. The molecule has 2 amide bonds. The summed E-state index contributed by atoms with van der Waals surface area (Å²) in [6, 6.07) is 25.2. The van der Waals surface area contributed by atoms with Gasteiger partial charge in [-0.05, 0) is 93.0 Å². The zero-order chi connectivity index (χ0) is 45.8. The van der Waals surface area contributed by atoms with Crippen molar-refractivity contribution in [2.24, 2.45) is 0 Å². The van der Waals surface area contributed by atoms with Gasteiger partial charge in [-0.25, -0.2) is 9.97 Å². The fourth-order valence-electron chi connectivity index (χ4n) is 9.28. The lowest BCUT2D eigenvalue weighted by Crippen LogP contribution is -2.27. The van der Waals surface area contributed by atoms with Gasteiger partial charge in [-0.15, -0.1) is 0 Å². The standard InChI is InChI=1S/C46H34N6O12S2/c53-43(47-13-15-63-17-19-65(57,58)59)23-2-12-35-34(21-23)50-42-30-8-4-26-25-3-7-29-39-32(10-6-28(37(25)39)27-5-9-31(40(30)38(26)27)45(55)51(35)42)46(56)52-36-22-24(1-11-33(36)49-41(29)52)44(54)48-14-16-64-18-20-66(60,61)62/h1-12,21-22H,13-20H2,(H,47,53)(H,48,54)(H,57,58,59)(H,60,61,62). The van der Waals surface area contributed by atoms with Crippen LogP contribution >= 0.6 is 0 Å². The highest BCUT2D eigenvalue weighted by molar-refractivity contribution is 7.86. The SMILES string of the molecule is O=C(NCCOCCS(=O)(=O)O)c1ccc2c(c1)nc1c3ccc4c5ccc6c7c(ccc(c8ccc(c(=O)n21)c3c84)c57)c(=O)n1c2cc(C(=O)NCCOCCS(=O)(=O)O)ccc2nc61. The summed E-state index contributed by atoms with van der Waals surface area (Å²) in [6.45, 7) is -0.208. The molecule has 0 fully saturated rings. The number of nitrogens with zero attached hydrogens (tertiary/aromatic N) is 4. The number of imidazole rings is 2. The van der Waals surface area contributed by atoms with Crippen LogP contribution in [-0.4, -0.2) is 108 Å². The first-order chi connectivity index (χ1) is 31.7. The Bertz CT molecular complexity index is 4150. The first-order valence-electron chi connectivity index (χ1n) is 20.6.